The zero-order chi connectivity index (χ0) is 24.8. The third kappa shape index (κ3) is 6.75. The normalized spacial score (nSPS) is 27.6. The molecular formula is C26H42O7. The largest absolute Gasteiger partial charge is 0.512 e. The Labute approximate surface area is 197 Å². The molecule has 0 aromatic carbocycles. The fraction of sp³-hybridized carbons (Fsp3) is 0.769. The molecular weight excluding hydrogens is 424 g/mol. The Morgan fingerprint density at radius 1 is 1.03 bits per heavy atom. The van der Waals surface area contributed by atoms with E-state index in [0.29, 0.717) is 18.4 Å². The van der Waals surface area contributed by atoms with Crippen molar-refractivity contribution in [2.45, 2.75) is 111 Å². The summed E-state index contributed by atoms with van der Waals surface area (Å²) in [6.45, 7) is 9.50. The molecule has 0 saturated heterocycles. The van der Waals surface area contributed by atoms with Crippen LogP contribution in [-0.4, -0.2) is 45.6 Å². The molecule has 0 bridgehead atoms. The van der Waals surface area contributed by atoms with Crippen LogP contribution >= 0.6 is 0 Å². The number of fused-ring (bicyclic) bond motifs is 1. The SMILES string of the molecule is CCCCCCC(=O)OC1C(C)C(O)=CC2=C(O)CC(O)C(OC(=O)C(C)(C)CCCC)C21. The average molecular weight is 467 g/mol. The van der Waals surface area contributed by atoms with Gasteiger partial charge in [-0.25, -0.2) is 0 Å². The van der Waals surface area contributed by atoms with Gasteiger partial charge in [0, 0.05) is 18.4 Å². The molecule has 3 N–H and O–H groups in total. The van der Waals surface area contributed by atoms with Gasteiger partial charge in [-0.2, -0.15) is 0 Å². The highest BCUT2D eigenvalue weighted by Crippen LogP contribution is 2.44. The van der Waals surface area contributed by atoms with E-state index in [2.05, 4.69) is 13.8 Å². The number of allylic oxidation sites excluding steroid dienone is 1. The molecule has 0 radical (unpaired) electrons. The van der Waals surface area contributed by atoms with Crippen molar-refractivity contribution in [1.82, 2.24) is 0 Å². The van der Waals surface area contributed by atoms with Crippen molar-refractivity contribution in [3.63, 3.8) is 0 Å². The molecule has 7 nitrogen and oxygen atoms in total. The molecule has 33 heavy (non-hydrogen) atoms. The first-order valence-corrected chi connectivity index (χ1v) is 12.4. The summed E-state index contributed by atoms with van der Waals surface area (Å²) in [4.78, 5) is 25.6. The van der Waals surface area contributed by atoms with Crippen LogP contribution in [0.25, 0.3) is 0 Å². The molecule has 0 saturated carbocycles. The predicted octanol–water partition coefficient (Wildman–Crippen LogP) is 5.28. The zero-order valence-electron chi connectivity index (χ0n) is 20.8. The maximum Gasteiger partial charge on any atom is 0.311 e. The van der Waals surface area contributed by atoms with Crippen LogP contribution in [0.5, 0.6) is 0 Å². The summed E-state index contributed by atoms with van der Waals surface area (Å²) in [5.74, 6) is -2.26. The summed E-state index contributed by atoms with van der Waals surface area (Å²) in [6.07, 6.45) is 4.81. The fourth-order valence-corrected chi connectivity index (χ4v) is 4.59. The van der Waals surface area contributed by atoms with Crippen LogP contribution in [0.1, 0.15) is 92.4 Å². The lowest BCUT2D eigenvalue weighted by Crippen LogP contribution is -2.52. The van der Waals surface area contributed by atoms with Gasteiger partial charge in [0.2, 0.25) is 0 Å². The van der Waals surface area contributed by atoms with Gasteiger partial charge >= 0.3 is 11.9 Å². The Morgan fingerprint density at radius 3 is 2.33 bits per heavy atom. The predicted molar refractivity (Wildman–Crippen MR) is 125 cm³/mol. The summed E-state index contributed by atoms with van der Waals surface area (Å²) < 4.78 is 11.7. The maximum atomic E-state index is 13.0. The zero-order valence-corrected chi connectivity index (χ0v) is 20.8. The number of aliphatic hydroxyl groups excluding tert-OH is 3. The van der Waals surface area contributed by atoms with E-state index in [1.807, 2.05) is 13.8 Å². The van der Waals surface area contributed by atoms with Crippen molar-refractivity contribution < 1.29 is 34.4 Å². The number of esters is 2. The highest BCUT2D eigenvalue weighted by atomic mass is 16.6. The Kier molecular flexibility index (Phi) is 9.83. The summed E-state index contributed by atoms with van der Waals surface area (Å²) >= 11 is 0. The first-order valence-electron chi connectivity index (χ1n) is 12.4. The lowest BCUT2D eigenvalue weighted by molar-refractivity contribution is -0.180. The summed E-state index contributed by atoms with van der Waals surface area (Å²) in [5.41, 5.74) is -0.383. The van der Waals surface area contributed by atoms with Gasteiger partial charge in [0.05, 0.1) is 34.9 Å². The highest BCUT2D eigenvalue weighted by Gasteiger charge is 2.51. The smallest absolute Gasteiger partial charge is 0.311 e. The third-order valence-corrected chi connectivity index (χ3v) is 6.90. The van der Waals surface area contributed by atoms with Gasteiger partial charge in [-0.15, -0.1) is 0 Å². The third-order valence-electron chi connectivity index (χ3n) is 6.90. The fourth-order valence-electron chi connectivity index (χ4n) is 4.59. The first-order chi connectivity index (χ1) is 15.5. The molecule has 0 spiro atoms. The molecule has 0 heterocycles. The van der Waals surface area contributed by atoms with Crippen molar-refractivity contribution in [2.75, 3.05) is 0 Å². The second-order valence-corrected chi connectivity index (χ2v) is 10.2. The summed E-state index contributed by atoms with van der Waals surface area (Å²) in [6, 6.07) is 0. The van der Waals surface area contributed by atoms with E-state index >= 15 is 0 Å². The van der Waals surface area contributed by atoms with Crippen LogP contribution in [-0.2, 0) is 19.1 Å². The van der Waals surface area contributed by atoms with Crippen molar-refractivity contribution in [3.8, 4) is 0 Å². The van der Waals surface area contributed by atoms with E-state index in [9.17, 15) is 24.9 Å². The Bertz CT molecular complexity index is 752. The van der Waals surface area contributed by atoms with E-state index in [-0.39, 0.29) is 24.4 Å². The summed E-state index contributed by atoms with van der Waals surface area (Å²) in [5, 5.41) is 31.8. The van der Waals surface area contributed by atoms with Crippen LogP contribution in [0.4, 0.5) is 0 Å². The van der Waals surface area contributed by atoms with Gasteiger partial charge < -0.3 is 24.8 Å². The van der Waals surface area contributed by atoms with Crippen LogP contribution in [0.3, 0.4) is 0 Å². The van der Waals surface area contributed by atoms with Crippen LogP contribution in [0.15, 0.2) is 23.2 Å². The molecule has 5 unspecified atom stereocenters. The number of carbonyl (C=O) groups is 2. The number of ether oxygens (including phenoxy) is 2. The van der Waals surface area contributed by atoms with E-state index in [1.165, 1.54) is 6.08 Å². The molecule has 188 valence electrons. The summed E-state index contributed by atoms with van der Waals surface area (Å²) in [7, 11) is 0. The average Bonchev–Trinajstić information content (AvgIpc) is 2.75. The second-order valence-electron chi connectivity index (χ2n) is 10.2. The molecule has 5 atom stereocenters. The van der Waals surface area contributed by atoms with Gasteiger partial charge in [0.25, 0.3) is 0 Å². The van der Waals surface area contributed by atoms with Gasteiger partial charge in [0.15, 0.2) is 0 Å². The molecule has 2 aliphatic carbocycles. The molecule has 0 amide bonds. The van der Waals surface area contributed by atoms with Crippen LogP contribution in [0, 0.1) is 17.3 Å². The molecule has 0 fully saturated rings. The van der Waals surface area contributed by atoms with Gasteiger partial charge in [0.1, 0.15) is 12.2 Å². The van der Waals surface area contributed by atoms with Gasteiger partial charge in [-0.3, -0.25) is 9.59 Å². The molecule has 7 heteroatoms. The first kappa shape index (κ1) is 27.2. The van der Waals surface area contributed by atoms with Crippen molar-refractivity contribution in [2.24, 2.45) is 17.3 Å². The molecule has 2 rings (SSSR count). The molecule has 0 aromatic rings. The highest BCUT2D eigenvalue weighted by molar-refractivity contribution is 5.76. The number of carbonyl (C=O) groups excluding carboxylic acids is 2. The number of unbranched alkanes of at least 4 members (excludes halogenated alkanes) is 4. The second kappa shape index (κ2) is 11.9. The van der Waals surface area contributed by atoms with Crippen LogP contribution < -0.4 is 0 Å². The van der Waals surface area contributed by atoms with Gasteiger partial charge in [-0.05, 0) is 32.8 Å². The Morgan fingerprint density at radius 2 is 1.70 bits per heavy atom. The Hall–Kier alpha value is -2.02. The van der Waals surface area contributed by atoms with Crippen molar-refractivity contribution >= 4 is 11.9 Å². The molecule has 2 aliphatic rings. The number of hydrogen-bond donors (Lipinski definition) is 3. The minimum atomic E-state index is -1.14. The van der Waals surface area contributed by atoms with E-state index in [4.69, 9.17) is 9.47 Å². The lowest BCUT2D eigenvalue weighted by atomic mass is 9.71. The topological polar surface area (TPSA) is 113 Å². The molecule has 0 aliphatic heterocycles. The quantitative estimate of drug-likeness (QED) is 0.280. The lowest BCUT2D eigenvalue weighted by Gasteiger charge is -2.44. The number of aliphatic hydroxyl groups is 3. The van der Waals surface area contributed by atoms with E-state index in [0.717, 1.165) is 32.1 Å². The van der Waals surface area contributed by atoms with Crippen molar-refractivity contribution in [1.29, 1.82) is 0 Å². The van der Waals surface area contributed by atoms with Crippen molar-refractivity contribution in [3.05, 3.63) is 23.2 Å². The van der Waals surface area contributed by atoms with Gasteiger partial charge in [-0.1, -0.05) is 52.9 Å². The van der Waals surface area contributed by atoms with Crippen LogP contribution in [0.2, 0.25) is 0 Å². The standard InChI is InChI=1S/C26H42O7/c1-6-8-10-11-12-21(30)32-23-16(3)18(27)14-17-19(28)15-20(29)24(22(17)23)33-25(31)26(4,5)13-9-7-2/h14,16,20,22-24,27-29H,6-13,15H2,1-5H3. The monoisotopic (exact) mass is 466 g/mol. The number of hydrogen-bond acceptors (Lipinski definition) is 7. The minimum Gasteiger partial charge on any atom is -0.512 e. The number of rotatable bonds is 11. The Balaban J connectivity index is 2.28. The maximum absolute atomic E-state index is 13.0. The molecule has 0 aromatic heterocycles. The van der Waals surface area contributed by atoms with E-state index < -0.39 is 47.5 Å². The minimum absolute atomic E-state index is 0.0127. The van der Waals surface area contributed by atoms with E-state index in [1.54, 1.807) is 6.92 Å².